The third-order valence-corrected chi connectivity index (χ3v) is 3.01. The van der Waals surface area contributed by atoms with Crippen LogP contribution >= 0.6 is 12.4 Å². The lowest BCUT2D eigenvalue weighted by atomic mass is 10.1. The normalized spacial score (nSPS) is 18.9. The second kappa shape index (κ2) is 5.98. The molecular formula is C12H16ClFN2O. The molecule has 1 amide bonds. The Morgan fingerprint density at radius 1 is 1.47 bits per heavy atom. The van der Waals surface area contributed by atoms with Crippen LogP contribution in [0.25, 0.3) is 0 Å². The molecule has 2 rings (SSSR count). The van der Waals surface area contributed by atoms with Gasteiger partial charge in [-0.15, -0.1) is 12.4 Å². The van der Waals surface area contributed by atoms with E-state index < -0.39 is 5.82 Å². The topological polar surface area (TPSA) is 46.3 Å². The maximum Gasteiger partial charge on any atom is 0.257 e. The van der Waals surface area contributed by atoms with Crippen molar-refractivity contribution in [2.75, 3.05) is 13.1 Å². The van der Waals surface area contributed by atoms with Gasteiger partial charge >= 0.3 is 0 Å². The maximum atomic E-state index is 13.4. The van der Waals surface area contributed by atoms with Gasteiger partial charge in [0.1, 0.15) is 5.82 Å². The van der Waals surface area contributed by atoms with Crippen LogP contribution in [0.5, 0.6) is 0 Å². The minimum Gasteiger partial charge on any atom is -0.334 e. The smallest absolute Gasteiger partial charge is 0.257 e. The Kier molecular flexibility index (Phi) is 4.90. The minimum atomic E-state index is -0.463. The van der Waals surface area contributed by atoms with Crippen LogP contribution < -0.4 is 5.73 Å². The number of nitrogens with zero attached hydrogens (tertiary/aromatic N) is 1. The Balaban J connectivity index is 0.00000144. The van der Waals surface area contributed by atoms with Gasteiger partial charge < -0.3 is 10.6 Å². The monoisotopic (exact) mass is 258 g/mol. The van der Waals surface area contributed by atoms with Gasteiger partial charge in [0.2, 0.25) is 0 Å². The molecule has 1 atom stereocenters. The molecular weight excluding hydrogens is 243 g/mol. The lowest BCUT2D eigenvalue weighted by Gasteiger charge is -2.23. The average molecular weight is 259 g/mol. The van der Waals surface area contributed by atoms with E-state index in [9.17, 15) is 9.18 Å². The molecule has 17 heavy (non-hydrogen) atoms. The van der Waals surface area contributed by atoms with Crippen molar-refractivity contribution in [3.8, 4) is 0 Å². The van der Waals surface area contributed by atoms with E-state index in [2.05, 4.69) is 0 Å². The molecule has 0 bridgehead atoms. The second-order valence-electron chi connectivity index (χ2n) is 4.01. The predicted octanol–water partition coefficient (Wildman–Crippen LogP) is 1.81. The van der Waals surface area contributed by atoms with Gasteiger partial charge in [0.05, 0.1) is 5.56 Å². The number of carbonyl (C=O) groups is 1. The standard InChI is InChI=1S/C12H15FN2O.ClH/c13-11-6-2-1-5-10(11)12(16)15-7-3-4-9(15)8-14;/h1-2,5-6,9H,3-4,7-8,14H2;1H. The molecule has 1 fully saturated rings. The number of likely N-dealkylation sites (tertiary alicyclic amines) is 1. The van der Waals surface area contributed by atoms with Crippen LogP contribution in [0.15, 0.2) is 24.3 Å². The van der Waals surface area contributed by atoms with Crippen molar-refractivity contribution in [1.82, 2.24) is 4.90 Å². The molecule has 5 heteroatoms. The number of rotatable bonds is 2. The molecule has 0 aliphatic carbocycles. The van der Waals surface area contributed by atoms with Gasteiger partial charge in [0, 0.05) is 19.1 Å². The van der Waals surface area contributed by atoms with E-state index in [1.807, 2.05) is 0 Å². The van der Waals surface area contributed by atoms with Crippen molar-refractivity contribution >= 4 is 18.3 Å². The Hall–Kier alpha value is -1.13. The molecule has 0 saturated carbocycles. The average Bonchev–Trinajstić information content (AvgIpc) is 2.77. The molecule has 0 aromatic heterocycles. The van der Waals surface area contributed by atoms with Crippen molar-refractivity contribution in [1.29, 1.82) is 0 Å². The highest BCUT2D eigenvalue weighted by atomic mass is 35.5. The minimum absolute atomic E-state index is 0. The molecule has 0 radical (unpaired) electrons. The van der Waals surface area contributed by atoms with E-state index >= 15 is 0 Å². The summed E-state index contributed by atoms with van der Waals surface area (Å²) in [5.41, 5.74) is 5.73. The molecule has 94 valence electrons. The second-order valence-corrected chi connectivity index (χ2v) is 4.01. The number of hydrogen-bond donors (Lipinski definition) is 1. The lowest BCUT2D eigenvalue weighted by Crippen LogP contribution is -2.40. The third kappa shape index (κ3) is 2.76. The number of halogens is 2. The summed E-state index contributed by atoms with van der Waals surface area (Å²) in [6.45, 7) is 1.12. The SMILES string of the molecule is Cl.NCC1CCCN1C(=O)c1ccccc1F. The number of carbonyl (C=O) groups excluding carboxylic acids is 1. The Labute approximate surface area is 106 Å². The number of amides is 1. The first kappa shape index (κ1) is 13.9. The van der Waals surface area contributed by atoms with Crippen LogP contribution in [0.2, 0.25) is 0 Å². The fourth-order valence-electron chi connectivity index (χ4n) is 2.14. The first-order valence-electron chi connectivity index (χ1n) is 5.49. The van der Waals surface area contributed by atoms with Crippen LogP contribution in [0, 0.1) is 5.82 Å². The largest absolute Gasteiger partial charge is 0.334 e. The van der Waals surface area contributed by atoms with Crippen LogP contribution in [0.3, 0.4) is 0 Å². The lowest BCUT2D eigenvalue weighted by molar-refractivity contribution is 0.0736. The first-order chi connectivity index (χ1) is 7.74. The van der Waals surface area contributed by atoms with Gasteiger partial charge in [0.15, 0.2) is 0 Å². The van der Waals surface area contributed by atoms with Crippen molar-refractivity contribution < 1.29 is 9.18 Å². The molecule has 0 spiro atoms. The Morgan fingerprint density at radius 3 is 2.82 bits per heavy atom. The van der Waals surface area contributed by atoms with Crippen molar-refractivity contribution in [2.45, 2.75) is 18.9 Å². The maximum absolute atomic E-state index is 13.4. The molecule has 1 aliphatic heterocycles. The molecule has 3 nitrogen and oxygen atoms in total. The van der Waals surface area contributed by atoms with E-state index in [1.54, 1.807) is 17.0 Å². The predicted molar refractivity (Wildman–Crippen MR) is 66.8 cm³/mol. The van der Waals surface area contributed by atoms with E-state index in [1.165, 1.54) is 12.1 Å². The van der Waals surface area contributed by atoms with Crippen molar-refractivity contribution in [3.63, 3.8) is 0 Å². The molecule has 1 aliphatic rings. The summed E-state index contributed by atoms with van der Waals surface area (Å²) in [6, 6.07) is 6.14. The number of benzene rings is 1. The van der Waals surface area contributed by atoms with E-state index in [-0.39, 0.29) is 29.9 Å². The van der Waals surface area contributed by atoms with E-state index in [4.69, 9.17) is 5.73 Å². The van der Waals surface area contributed by atoms with E-state index in [0.29, 0.717) is 13.1 Å². The summed E-state index contributed by atoms with van der Waals surface area (Å²) in [7, 11) is 0. The summed E-state index contributed by atoms with van der Waals surface area (Å²) < 4.78 is 13.4. The fraction of sp³-hybridized carbons (Fsp3) is 0.417. The zero-order valence-electron chi connectivity index (χ0n) is 9.43. The highest BCUT2D eigenvalue weighted by molar-refractivity contribution is 5.94. The van der Waals surface area contributed by atoms with Crippen molar-refractivity contribution in [2.24, 2.45) is 5.73 Å². The van der Waals surface area contributed by atoms with Gasteiger partial charge in [-0.25, -0.2) is 4.39 Å². The number of hydrogen-bond acceptors (Lipinski definition) is 2. The van der Waals surface area contributed by atoms with Crippen LogP contribution in [-0.2, 0) is 0 Å². The van der Waals surface area contributed by atoms with Gasteiger partial charge in [0.25, 0.3) is 5.91 Å². The molecule has 1 aromatic carbocycles. The molecule has 2 N–H and O–H groups in total. The van der Waals surface area contributed by atoms with Gasteiger partial charge in [-0.2, -0.15) is 0 Å². The van der Waals surface area contributed by atoms with Crippen LogP contribution in [0.1, 0.15) is 23.2 Å². The van der Waals surface area contributed by atoms with Gasteiger partial charge in [-0.05, 0) is 25.0 Å². The highest BCUT2D eigenvalue weighted by Crippen LogP contribution is 2.20. The summed E-state index contributed by atoms with van der Waals surface area (Å²) in [5.74, 6) is -0.707. The Bertz CT molecular complexity index is 400. The van der Waals surface area contributed by atoms with Gasteiger partial charge in [-0.3, -0.25) is 4.79 Å². The quantitative estimate of drug-likeness (QED) is 0.880. The van der Waals surface area contributed by atoms with Crippen LogP contribution in [0.4, 0.5) is 4.39 Å². The summed E-state index contributed by atoms with van der Waals surface area (Å²) >= 11 is 0. The molecule has 1 aromatic rings. The van der Waals surface area contributed by atoms with Crippen LogP contribution in [-0.4, -0.2) is 29.9 Å². The molecule has 1 unspecified atom stereocenters. The molecule has 1 saturated heterocycles. The zero-order valence-corrected chi connectivity index (χ0v) is 10.3. The molecule has 1 heterocycles. The fourth-order valence-corrected chi connectivity index (χ4v) is 2.14. The first-order valence-corrected chi connectivity index (χ1v) is 5.49. The third-order valence-electron chi connectivity index (χ3n) is 3.01. The number of nitrogens with two attached hydrogens (primary N) is 1. The summed E-state index contributed by atoms with van der Waals surface area (Å²) in [5, 5.41) is 0. The summed E-state index contributed by atoms with van der Waals surface area (Å²) in [6.07, 6.45) is 1.86. The zero-order chi connectivity index (χ0) is 11.5. The van der Waals surface area contributed by atoms with Crippen molar-refractivity contribution in [3.05, 3.63) is 35.6 Å². The highest BCUT2D eigenvalue weighted by Gasteiger charge is 2.29. The van der Waals surface area contributed by atoms with Gasteiger partial charge in [-0.1, -0.05) is 12.1 Å². The summed E-state index contributed by atoms with van der Waals surface area (Å²) in [4.78, 5) is 13.7. The van der Waals surface area contributed by atoms with E-state index in [0.717, 1.165) is 12.8 Å². The Morgan fingerprint density at radius 2 is 2.18 bits per heavy atom.